The average Bonchev–Trinajstić information content (AvgIpc) is 2.53. The fourth-order valence-corrected chi connectivity index (χ4v) is 1.97. The lowest BCUT2D eigenvalue weighted by Crippen LogP contribution is -1.98. The maximum absolute atomic E-state index is 11.6. The maximum atomic E-state index is 11.6. The highest BCUT2D eigenvalue weighted by Crippen LogP contribution is 2.31. The molecule has 0 unspecified atom stereocenters. The van der Waals surface area contributed by atoms with Crippen molar-refractivity contribution < 1.29 is 9.90 Å². The van der Waals surface area contributed by atoms with E-state index in [1.54, 1.807) is 12.1 Å². The van der Waals surface area contributed by atoms with Crippen molar-refractivity contribution in [3.8, 4) is 5.75 Å². The summed E-state index contributed by atoms with van der Waals surface area (Å²) in [6.07, 6.45) is 3.64. The van der Waals surface area contributed by atoms with Crippen LogP contribution in [0.2, 0.25) is 0 Å². The monoisotopic (exact) mass is 188 g/mol. The molecule has 1 aliphatic carbocycles. The Balaban J connectivity index is 2.61. The Morgan fingerprint density at radius 1 is 1.43 bits per heavy atom. The van der Waals surface area contributed by atoms with E-state index in [1.807, 2.05) is 6.07 Å². The van der Waals surface area contributed by atoms with Crippen molar-refractivity contribution in [3.05, 3.63) is 41.5 Å². The number of allylic oxidation sites excluding steroid dienone is 1. The SMILES string of the molecule is C=CCc1c(O)ccc2c1C(=O)CC2. The van der Waals surface area contributed by atoms with Crippen LogP contribution in [0, 0.1) is 0 Å². The first-order chi connectivity index (χ1) is 6.74. The van der Waals surface area contributed by atoms with Gasteiger partial charge in [-0.1, -0.05) is 12.1 Å². The number of ketones is 1. The Morgan fingerprint density at radius 3 is 2.93 bits per heavy atom. The van der Waals surface area contributed by atoms with Gasteiger partial charge in [0.05, 0.1) is 0 Å². The number of carbonyl (C=O) groups is 1. The summed E-state index contributed by atoms with van der Waals surface area (Å²) in [5, 5.41) is 9.62. The Bertz CT molecular complexity index is 405. The van der Waals surface area contributed by atoms with Crippen LogP contribution in [0.4, 0.5) is 0 Å². The maximum Gasteiger partial charge on any atom is 0.163 e. The molecule has 1 aromatic rings. The fourth-order valence-electron chi connectivity index (χ4n) is 1.97. The summed E-state index contributed by atoms with van der Waals surface area (Å²) in [6.45, 7) is 3.63. The van der Waals surface area contributed by atoms with Crippen molar-refractivity contribution in [3.63, 3.8) is 0 Å². The van der Waals surface area contributed by atoms with E-state index < -0.39 is 0 Å². The highest BCUT2D eigenvalue weighted by atomic mass is 16.3. The third kappa shape index (κ3) is 1.23. The summed E-state index contributed by atoms with van der Waals surface area (Å²) in [4.78, 5) is 11.6. The van der Waals surface area contributed by atoms with Gasteiger partial charge in [-0.15, -0.1) is 6.58 Å². The largest absolute Gasteiger partial charge is 0.508 e. The van der Waals surface area contributed by atoms with Gasteiger partial charge in [-0.05, 0) is 24.5 Å². The van der Waals surface area contributed by atoms with Gasteiger partial charge in [-0.25, -0.2) is 0 Å². The van der Waals surface area contributed by atoms with Crippen molar-refractivity contribution in [1.82, 2.24) is 0 Å². The van der Waals surface area contributed by atoms with Crippen molar-refractivity contribution in [2.75, 3.05) is 0 Å². The van der Waals surface area contributed by atoms with Crippen LogP contribution in [0.5, 0.6) is 5.75 Å². The number of fused-ring (bicyclic) bond motifs is 1. The standard InChI is InChI=1S/C12H12O2/c1-2-3-9-10(13)6-4-8-5-7-11(14)12(8)9/h2,4,6,13H,1,3,5,7H2. The third-order valence-electron chi connectivity index (χ3n) is 2.62. The van der Waals surface area contributed by atoms with Crippen LogP contribution in [-0.4, -0.2) is 10.9 Å². The van der Waals surface area contributed by atoms with E-state index in [9.17, 15) is 9.90 Å². The van der Waals surface area contributed by atoms with E-state index >= 15 is 0 Å². The molecule has 0 spiro atoms. The summed E-state index contributed by atoms with van der Waals surface area (Å²) >= 11 is 0. The minimum Gasteiger partial charge on any atom is -0.508 e. The van der Waals surface area contributed by atoms with Crippen LogP contribution < -0.4 is 0 Å². The van der Waals surface area contributed by atoms with E-state index in [0.717, 1.165) is 23.1 Å². The van der Waals surface area contributed by atoms with Crippen molar-refractivity contribution in [2.45, 2.75) is 19.3 Å². The zero-order valence-corrected chi connectivity index (χ0v) is 7.92. The number of hydrogen-bond donors (Lipinski definition) is 1. The number of benzene rings is 1. The number of carbonyl (C=O) groups excluding carboxylic acids is 1. The predicted molar refractivity (Wildman–Crippen MR) is 54.7 cm³/mol. The molecular formula is C12H12O2. The van der Waals surface area contributed by atoms with Crippen molar-refractivity contribution >= 4 is 5.78 Å². The summed E-state index contributed by atoms with van der Waals surface area (Å²) in [7, 11) is 0. The first-order valence-corrected chi connectivity index (χ1v) is 4.72. The van der Waals surface area contributed by atoms with Gasteiger partial charge in [0.1, 0.15) is 5.75 Å². The van der Waals surface area contributed by atoms with E-state index in [-0.39, 0.29) is 11.5 Å². The summed E-state index contributed by atoms with van der Waals surface area (Å²) in [6, 6.07) is 3.50. The molecule has 72 valence electrons. The van der Waals surface area contributed by atoms with Crippen LogP contribution in [0.25, 0.3) is 0 Å². The molecule has 14 heavy (non-hydrogen) atoms. The second-order valence-corrected chi connectivity index (χ2v) is 3.51. The Labute approximate surface area is 82.9 Å². The lowest BCUT2D eigenvalue weighted by atomic mass is 9.99. The number of phenolic OH excluding ortho intramolecular Hbond substituents is 1. The van der Waals surface area contributed by atoms with Gasteiger partial charge in [-0.3, -0.25) is 4.79 Å². The molecule has 0 bridgehead atoms. The van der Waals surface area contributed by atoms with Gasteiger partial charge in [-0.2, -0.15) is 0 Å². The molecule has 2 heteroatoms. The molecule has 1 N–H and O–H groups in total. The first kappa shape index (κ1) is 9.00. The number of hydrogen-bond acceptors (Lipinski definition) is 2. The van der Waals surface area contributed by atoms with Gasteiger partial charge in [0.2, 0.25) is 0 Å². The topological polar surface area (TPSA) is 37.3 Å². The molecule has 0 aliphatic heterocycles. The smallest absolute Gasteiger partial charge is 0.163 e. The molecule has 0 heterocycles. The van der Waals surface area contributed by atoms with Crippen LogP contribution in [0.3, 0.4) is 0 Å². The van der Waals surface area contributed by atoms with Crippen LogP contribution in [-0.2, 0) is 12.8 Å². The van der Waals surface area contributed by atoms with E-state index in [1.165, 1.54) is 0 Å². The molecule has 0 aromatic heterocycles. The fraction of sp³-hybridized carbons (Fsp3) is 0.250. The quantitative estimate of drug-likeness (QED) is 0.723. The summed E-state index contributed by atoms with van der Waals surface area (Å²) in [5.41, 5.74) is 2.52. The molecule has 0 saturated heterocycles. The zero-order chi connectivity index (χ0) is 10.1. The number of rotatable bonds is 2. The zero-order valence-electron chi connectivity index (χ0n) is 7.92. The van der Waals surface area contributed by atoms with E-state index in [0.29, 0.717) is 12.8 Å². The Morgan fingerprint density at radius 2 is 2.21 bits per heavy atom. The molecule has 2 nitrogen and oxygen atoms in total. The number of phenols is 1. The third-order valence-corrected chi connectivity index (χ3v) is 2.62. The van der Waals surface area contributed by atoms with Gasteiger partial charge in [0.25, 0.3) is 0 Å². The predicted octanol–water partition coefficient (Wildman–Crippen LogP) is 2.25. The molecule has 0 atom stereocenters. The molecule has 0 saturated carbocycles. The van der Waals surface area contributed by atoms with Gasteiger partial charge in [0.15, 0.2) is 5.78 Å². The first-order valence-electron chi connectivity index (χ1n) is 4.72. The number of Topliss-reactive ketones (excluding diaryl/α,β-unsaturated/α-hetero) is 1. The van der Waals surface area contributed by atoms with Crippen molar-refractivity contribution in [2.24, 2.45) is 0 Å². The van der Waals surface area contributed by atoms with Crippen molar-refractivity contribution in [1.29, 1.82) is 0 Å². The highest BCUT2D eigenvalue weighted by Gasteiger charge is 2.23. The van der Waals surface area contributed by atoms with Gasteiger partial charge in [0, 0.05) is 17.5 Å². The van der Waals surface area contributed by atoms with Crippen LogP contribution in [0.15, 0.2) is 24.8 Å². The van der Waals surface area contributed by atoms with E-state index in [2.05, 4.69) is 6.58 Å². The minimum absolute atomic E-state index is 0.146. The van der Waals surface area contributed by atoms with Gasteiger partial charge >= 0.3 is 0 Å². The molecular weight excluding hydrogens is 176 g/mol. The molecule has 0 amide bonds. The normalized spacial score (nSPS) is 14.1. The lowest BCUT2D eigenvalue weighted by Gasteiger charge is -2.07. The van der Waals surface area contributed by atoms with E-state index in [4.69, 9.17) is 0 Å². The molecule has 0 radical (unpaired) electrons. The summed E-state index contributed by atoms with van der Waals surface area (Å²) in [5.74, 6) is 0.353. The van der Waals surface area contributed by atoms with Crippen LogP contribution >= 0.6 is 0 Å². The Kier molecular flexibility index (Phi) is 2.12. The van der Waals surface area contributed by atoms with Gasteiger partial charge < -0.3 is 5.11 Å². The molecule has 0 fully saturated rings. The molecule has 2 rings (SSSR count). The van der Waals surface area contributed by atoms with Crippen LogP contribution in [0.1, 0.15) is 27.9 Å². The molecule has 1 aromatic carbocycles. The molecule has 1 aliphatic rings. The number of aryl methyl sites for hydroxylation is 1. The average molecular weight is 188 g/mol. The second-order valence-electron chi connectivity index (χ2n) is 3.51. The highest BCUT2D eigenvalue weighted by molar-refractivity contribution is 6.02. The number of aromatic hydroxyl groups is 1. The summed E-state index contributed by atoms with van der Waals surface area (Å²) < 4.78 is 0. The second kappa shape index (κ2) is 3.29. The lowest BCUT2D eigenvalue weighted by molar-refractivity contribution is 0.0993. The Hall–Kier alpha value is -1.57. The minimum atomic E-state index is 0.146.